The lowest BCUT2D eigenvalue weighted by atomic mass is 9.93. The molecule has 1 N–H and O–H groups in total. The molecule has 164 valence electrons. The molecule has 1 aliphatic carbocycles. The van der Waals surface area contributed by atoms with Crippen LogP contribution in [0.15, 0.2) is 29.1 Å². The van der Waals surface area contributed by atoms with E-state index in [4.69, 9.17) is 0 Å². The molecule has 0 spiro atoms. The molecule has 2 fully saturated rings. The molecular formula is C24H32N6O. The van der Waals surface area contributed by atoms with Crippen LogP contribution in [0.4, 0.5) is 0 Å². The van der Waals surface area contributed by atoms with E-state index in [1.807, 2.05) is 17.7 Å². The van der Waals surface area contributed by atoms with Gasteiger partial charge in [0, 0.05) is 11.1 Å². The van der Waals surface area contributed by atoms with Crippen LogP contribution in [0.5, 0.6) is 0 Å². The number of aryl methyl sites for hydroxylation is 1. The fourth-order valence-corrected chi connectivity index (χ4v) is 5.29. The van der Waals surface area contributed by atoms with Gasteiger partial charge < -0.3 is 4.98 Å². The summed E-state index contributed by atoms with van der Waals surface area (Å²) in [7, 11) is 0. The normalized spacial score (nSPS) is 20.3. The third kappa shape index (κ3) is 4.03. The van der Waals surface area contributed by atoms with Gasteiger partial charge in [-0.1, -0.05) is 38.3 Å². The molecule has 5 rings (SSSR count). The second-order valence-corrected chi connectivity index (χ2v) is 9.54. The van der Waals surface area contributed by atoms with Crippen molar-refractivity contribution in [2.75, 3.05) is 13.1 Å². The number of likely N-dealkylation sites (tertiary alicyclic amines) is 1. The maximum absolute atomic E-state index is 13.3. The molecule has 7 heteroatoms. The Hall–Kier alpha value is -2.54. The van der Waals surface area contributed by atoms with Gasteiger partial charge in [-0.2, -0.15) is 0 Å². The van der Waals surface area contributed by atoms with E-state index < -0.39 is 0 Å². The van der Waals surface area contributed by atoms with E-state index in [-0.39, 0.29) is 11.6 Å². The minimum Gasteiger partial charge on any atom is -0.322 e. The fourth-order valence-electron chi connectivity index (χ4n) is 5.29. The van der Waals surface area contributed by atoms with Crippen LogP contribution < -0.4 is 5.56 Å². The third-order valence-corrected chi connectivity index (χ3v) is 7.19. The summed E-state index contributed by atoms with van der Waals surface area (Å²) in [5, 5.41) is 14.1. The molecule has 1 aliphatic heterocycles. The van der Waals surface area contributed by atoms with Crippen molar-refractivity contribution in [2.24, 2.45) is 5.92 Å². The zero-order valence-corrected chi connectivity index (χ0v) is 18.5. The number of hydrogen-bond acceptors (Lipinski definition) is 5. The van der Waals surface area contributed by atoms with Gasteiger partial charge in [-0.3, -0.25) is 9.69 Å². The molecule has 0 unspecified atom stereocenters. The van der Waals surface area contributed by atoms with Gasteiger partial charge in [-0.15, -0.1) is 5.10 Å². The monoisotopic (exact) mass is 420 g/mol. The Balaban J connectivity index is 1.62. The lowest BCUT2D eigenvalue weighted by Crippen LogP contribution is -2.40. The van der Waals surface area contributed by atoms with E-state index in [0.717, 1.165) is 66.6 Å². The summed E-state index contributed by atoms with van der Waals surface area (Å²) in [4.78, 5) is 18.9. The third-order valence-electron chi connectivity index (χ3n) is 7.19. The Bertz CT molecular complexity index is 1100. The van der Waals surface area contributed by atoms with Gasteiger partial charge in [-0.25, -0.2) is 4.68 Å². The first-order valence-electron chi connectivity index (χ1n) is 11.8. The standard InChI is InChI=1S/C24H32N6O/c1-16-10-12-29(13-11-16)22(23-26-27-28-30(23)19-6-4-3-5-7-19)20-15-18-9-8-17(2)14-21(18)25-24(20)31/h8-9,14-16,19,22H,3-7,10-13H2,1-2H3,(H,25,31)/t22-/m0/s1. The molecule has 3 heterocycles. The van der Waals surface area contributed by atoms with Crippen LogP contribution in [-0.2, 0) is 0 Å². The van der Waals surface area contributed by atoms with Crippen molar-refractivity contribution in [3.8, 4) is 0 Å². The number of piperidine rings is 1. The highest BCUT2D eigenvalue weighted by Crippen LogP contribution is 2.34. The van der Waals surface area contributed by atoms with E-state index in [2.05, 4.69) is 50.5 Å². The summed E-state index contributed by atoms with van der Waals surface area (Å²) in [6.07, 6.45) is 8.19. The molecule has 1 saturated heterocycles. The summed E-state index contributed by atoms with van der Waals surface area (Å²) in [5.41, 5.74) is 2.73. The second kappa shape index (κ2) is 8.54. The van der Waals surface area contributed by atoms with Gasteiger partial charge in [0.25, 0.3) is 5.56 Å². The molecular weight excluding hydrogens is 388 g/mol. The van der Waals surface area contributed by atoms with Gasteiger partial charge in [0.2, 0.25) is 0 Å². The molecule has 31 heavy (non-hydrogen) atoms. The van der Waals surface area contributed by atoms with Gasteiger partial charge in [0.05, 0.1) is 6.04 Å². The van der Waals surface area contributed by atoms with Crippen molar-refractivity contribution in [2.45, 2.75) is 70.9 Å². The number of benzene rings is 1. The van der Waals surface area contributed by atoms with Crippen molar-refractivity contribution in [3.63, 3.8) is 0 Å². The van der Waals surface area contributed by atoms with E-state index in [1.165, 1.54) is 19.3 Å². The molecule has 7 nitrogen and oxygen atoms in total. The topological polar surface area (TPSA) is 79.7 Å². The number of fused-ring (bicyclic) bond motifs is 1. The number of hydrogen-bond donors (Lipinski definition) is 1. The molecule has 1 saturated carbocycles. The maximum Gasteiger partial charge on any atom is 0.253 e. The van der Waals surface area contributed by atoms with Gasteiger partial charge >= 0.3 is 0 Å². The van der Waals surface area contributed by atoms with E-state index >= 15 is 0 Å². The first-order chi connectivity index (χ1) is 15.1. The summed E-state index contributed by atoms with van der Waals surface area (Å²) in [5.74, 6) is 1.53. The largest absolute Gasteiger partial charge is 0.322 e. The molecule has 2 aromatic heterocycles. The van der Waals surface area contributed by atoms with E-state index in [1.54, 1.807) is 0 Å². The second-order valence-electron chi connectivity index (χ2n) is 9.54. The zero-order chi connectivity index (χ0) is 21.4. The number of rotatable bonds is 4. The number of nitrogens with zero attached hydrogens (tertiary/aromatic N) is 5. The smallest absolute Gasteiger partial charge is 0.253 e. The molecule has 1 atom stereocenters. The summed E-state index contributed by atoms with van der Waals surface area (Å²) in [6, 6.07) is 8.36. The Morgan fingerprint density at radius 3 is 2.61 bits per heavy atom. The predicted molar refractivity (Wildman–Crippen MR) is 121 cm³/mol. The summed E-state index contributed by atoms with van der Waals surface area (Å²) < 4.78 is 2.03. The number of pyridine rings is 1. The Morgan fingerprint density at radius 2 is 1.84 bits per heavy atom. The van der Waals surface area contributed by atoms with Crippen molar-refractivity contribution in [3.05, 3.63) is 51.6 Å². The zero-order valence-electron chi connectivity index (χ0n) is 18.5. The maximum atomic E-state index is 13.3. The van der Waals surface area contributed by atoms with Crippen LogP contribution in [0.1, 0.15) is 80.9 Å². The van der Waals surface area contributed by atoms with Crippen LogP contribution in [0.2, 0.25) is 0 Å². The lowest BCUT2D eigenvalue weighted by Gasteiger charge is -2.36. The molecule has 0 radical (unpaired) electrons. The minimum absolute atomic E-state index is 0.0417. The highest BCUT2D eigenvalue weighted by Gasteiger charge is 2.34. The number of aromatic nitrogens is 5. The average Bonchev–Trinajstić information content (AvgIpc) is 3.26. The predicted octanol–water partition coefficient (Wildman–Crippen LogP) is 4.15. The van der Waals surface area contributed by atoms with Crippen LogP contribution in [0.25, 0.3) is 10.9 Å². The SMILES string of the molecule is Cc1ccc2cc([C@@H](c3nnnn3C3CCCCC3)N3CCC(C)CC3)c(=O)[nH]c2c1. The number of H-pyrrole nitrogens is 1. The molecule has 1 aromatic carbocycles. The van der Waals surface area contributed by atoms with Crippen molar-refractivity contribution in [1.82, 2.24) is 30.1 Å². The lowest BCUT2D eigenvalue weighted by molar-refractivity contribution is 0.146. The molecule has 3 aromatic rings. The van der Waals surface area contributed by atoms with Crippen molar-refractivity contribution < 1.29 is 0 Å². The molecule has 2 aliphatic rings. The van der Waals surface area contributed by atoms with Crippen LogP contribution in [0, 0.1) is 12.8 Å². The average molecular weight is 421 g/mol. The van der Waals surface area contributed by atoms with Gasteiger partial charge in [0.15, 0.2) is 5.82 Å². The minimum atomic E-state index is -0.223. The number of tetrazole rings is 1. The van der Waals surface area contributed by atoms with Crippen molar-refractivity contribution in [1.29, 1.82) is 0 Å². The highest BCUT2D eigenvalue weighted by atomic mass is 16.1. The number of aromatic amines is 1. The van der Waals surface area contributed by atoms with Crippen LogP contribution >= 0.6 is 0 Å². The first kappa shape index (κ1) is 20.4. The molecule has 0 amide bonds. The quantitative estimate of drug-likeness (QED) is 0.686. The number of nitrogens with one attached hydrogen (secondary N) is 1. The Labute approximate surface area is 182 Å². The van der Waals surface area contributed by atoms with Gasteiger partial charge in [0.1, 0.15) is 6.04 Å². The van der Waals surface area contributed by atoms with Gasteiger partial charge in [-0.05, 0) is 85.1 Å². The first-order valence-corrected chi connectivity index (χ1v) is 11.8. The van der Waals surface area contributed by atoms with Crippen LogP contribution in [-0.4, -0.2) is 43.2 Å². The Morgan fingerprint density at radius 1 is 1.06 bits per heavy atom. The van der Waals surface area contributed by atoms with E-state index in [0.29, 0.717) is 12.0 Å². The fraction of sp³-hybridized carbons (Fsp3) is 0.583. The highest BCUT2D eigenvalue weighted by molar-refractivity contribution is 5.79. The van der Waals surface area contributed by atoms with Crippen LogP contribution in [0.3, 0.4) is 0 Å². The summed E-state index contributed by atoms with van der Waals surface area (Å²) >= 11 is 0. The van der Waals surface area contributed by atoms with E-state index in [9.17, 15) is 4.79 Å². The molecule has 0 bridgehead atoms. The Kier molecular flexibility index (Phi) is 5.61. The summed E-state index contributed by atoms with van der Waals surface area (Å²) in [6.45, 7) is 6.26. The van der Waals surface area contributed by atoms with Crippen molar-refractivity contribution >= 4 is 10.9 Å².